The lowest BCUT2D eigenvalue weighted by Gasteiger charge is -2.20. The van der Waals surface area contributed by atoms with Gasteiger partial charge in [0, 0.05) is 19.5 Å². The number of hydrogen-bond acceptors (Lipinski definition) is 10. The number of anilines is 2. The molecule has 30 heavy (non-hydrogen) atoms. The highest BCUT2D eigenvalue weighted by Crippen LogP contribution is 2.31. The molecule has 0 saturated carbocycles. The smallest absolute Gasteiger partial charge is 0.229 e. The van der Waals surface area contributed by atoms with Crippen molar-refractivity contribution in [1.82, 2.24) is 14.7 Å². The van der Waals surface area contributed by atoms with Gasteiger partial charge in [0.2, 0.25) is 16.0 Å². The van der Waals surface area contributed by atoms with Gasteiger partial charge in [0.05, 0.1) is 42.4 Å². The number of nitrogens with one attached hydrogen (secondary N) is 3. The standard InChI is InChI=1S/C17H26ClN7O4S/c1-9(2)30(26,27)25-13-8-29-14-12(7-28-15(13)14)23-16-11(18)6-21-17(24-16)22-10(4-19)5-20-3/h4-6,9,12-15,25H,7-8,19H2,1-3H3,(H2,21,22,23,24). The van der Waals surface area contributed by atoms with Crippen LogP contribution in [0.4, 0.5) is 11.8 Å². The summed E-state index contributed by atoms with van der Waals surface area (Å²) in [6.45, 7) is 3.78. The van der Waals surface area contributed by atoms with Crippen LogP contribution in [0.1, 0.15) is 13.8 Å². The van der Waals surface area contributed by atoms with Crippen LogP contribution in [0.25, 0.3) is 0 Å². The van der Waals surface area contributed by atoms with E-state index in [0.29, 0.717) is 23.1 Å². The van der Waals surface area contributed by atoms with Crippen molar-refractivity contribution in [2.45, 2.75) is 43.4 Å². The first-order chi connectivity index (χ1) is 14.2. The van der Waals surface area contributed by atoms with Gasteiger partial charge in [0.15, 0.2) is 5.82 Å². The van der Waals surface area contributed by atoms with Gasteiger partial charge in [0.1, 0.15) is 17.2 Å². The number of aliphatic imine (C=N–C) groups is 1. The second-order valence-electron chi connectivity index (χ2n) is 7.19. The van der Waals surface area contributed by atoms with Crippen molar-refractivity contribution < 1.29 is 17.9 Å². The maximum atomic E-state index is 12.2. The molecule has 11 nitrogen and oxygen atoms in total. The third-order valence-corrected chi connectivity index (χ3v) is 6.91. The number of fused-ring (bicyclic) bond motifs is 1. The largest absolute Gasteiger partial charge is 0.403 e. The van der Waals surface area contributed by atoms with Crippen LogP contribution < -0.4 is 21.1 Å². The molecular formula is C17H26ClN7O4S. The van der Waals surface area contributed by atoms with Crippen LogP contribution in [0.15, 0.2) is 23.1 Å². The van der Waals surface area contributed by atoms with E-state index in [1.807, 2.05) is 0 Å². The molecule has 3 heterocycles. The van der Waals surface area contributed by atoms with Gasteiger partial charge >= 0.3 is 0 Å². The minimum Gasteiger partial charge on any atom is -0.403 e. The molecule has 0 spiro atoms. The fourth-order valence-corrected chi connectivity index (χ4v) is 4.20. The molecule has 2 saturated heterocycles. The Morgan fingerprint density at radius 1 is 1.33 bits per heavy atom. The molecule has 2 fully saturated rings. The molecule has 2 aliphatic rings. The third-order valence-electron chi connectivity index (χ3n) is 4.76. The van der Waals surface area contributed by atoms with E-state index < -0.39 is 27.4 Å². The highest BCUT2D eigenvalue weighted by Gasteiger charge is 2.49. The third kappa shape index (κ3) is 5.01. The molecule has 0 bridgehead atoms. The molecule has 4 atom stereocenters. The molecule has 3 rings (SSSR count). The maximum Gasteiger partial charge on any atom is 0.229 e. The van der Waals surface area contributed by atoms with Crippen molar-refractivity contribution in [3.05, 3.63) is 23.1 Å². The molecule has 4 unspecified atom stereocenters. The second kappa shape index (κ2) is 9.43. The van der Waals surface area contributed by atoms with Crippen molar-refractivity contribution in [3.63, 3.8) is 0 Å². The van der Waals surface area contributed by atoms with Crippen LogP contribution >= 0.6 is 11.6 Å². The Bertz CT molecular complexity index is 925. The van der Waals surface area contributed by atoms with E-state index in [0.717, 1.165) is 0 Å². The van der Waals surface area contributed by atoms with E-state index >= 15 is 0 Å². The molecule has 2 aliphatic heterocycles. The van der Waals surface area contributed by atoms with Gasteiger partial charge in [-0.15, -0.1) is 0 Å². The van der Waals surface area contributed by atoms with Crippen molar-refractivity contribution in [2.75, 3.05) is 30.9 Å². The molecule has 0 amide bonds. The number of nitrogens with zero attached hydrogens (tertiary/aromatic N) is 3. The van der Waals surface area contributed by atoms with Crippen LogP contribution in [0.3, 0.4) is 0 Å². The number of sulfonamides is 1. The Morgan fingerprint density at radius 2 is 2.00 bits per heavy atom. The lowest BCUT2D eigenvalue weighted by atomic mass is 10.1. The summed E-state index contributed by atoms with van der Waals surface area (Å²) in [6.07, 6.45) is 3.59. The Balaban J connectivity index is 1.69. The fourth-order valence-electron chi connectivity index (χ4n) is 3.16. The molecule has 0 radical (unpaired) electrons. The van der Waals surface area contributed by atoms with E-state index in [1.54, 1.807) is 20.9 Å². The molecule has 166 valence electrons. The number of allylic oxidation sites excluding steroid dienone is 1. The summed E-state index contributed by atoms with van der Waals surface area (Å²) >= 11 is 6.25. The summed E-state index contributed by atoms with van der Waals surface area (Å²) in [6, 6.07) is -0.705. The average Bonchev–Trinajstić information content (AvgIpc) is 3.27. The van der Waals surface area contributed by atoms with Gasteiger partial charge in [-0.1, -0.05) is 11.6 Å². The lowest BCUT2D eigenvalue weighted by molar-refractivity contribution is 0.0690. The number of aromatic nitrogens is 2. The topological polar surface area (TPSA) is 153 Å². The predicted molar refractivity (Wildman–Crippen MR) is 115 cm³/mol. The van der Waals surface area contributed by atoms with Gasteiger partial charge in [-0.3, -0.25) is 4.99 Å². The molecule has 0 aromatic carbocycles. The molecule has 0 aliphatic carbocycles. The summed E-state index contributed by atoms with van der Waals surface area (Å²) in [5.41, 5.74) is 6.07. The number of rotatable bonds is 8. The van der Waals surface area contributed by atoms with E-state index in [2.05, 4.69) is 30.3 Å². The predicted octanol–water partition coefficient (Wildman–Crippen LogP) is 0.317. The number of ether oxygens (including phenoxy) is 2. The maximum absolute atomic E-state index is 12.2. The Morgan fingerprint density at radius 3 is 2.63 bits per heavy atom. The van der Waals surface area contributed by atoms with Crippen LogP contribution in [-0.4, -0.2) is 74.4 Å². The SMILES string of the molecule is CN=CC(=CN)Nc1ncc(Cl)c(NC2COC3C(NS(=O)(=O)C(C)C)COC23)n1. The highest BCUT2D eigenvalue weighted by molar-refractivity contribution is 7.90. The van der Waals surface area contributed by atoms with Crippen molar-refractivity contribution in [2.24, 2.45) is 10.7 Å². The summed E-state index contributed by atoms with van der Waals surface area (Å²) in [5.74, 6) is 0.673. The first-order valence-corrected chi connectivity index (χ1v) is 11.3. The molecule has 1 aromatic rings. The highest BCUT2D eigenvalue weighted by atomic mass is 35.5. The molecule has 13 heteroatoms. The molecular weight excluding hydrogens is 434 g/mol. The normalized spacial score (nSPS) is 27.0. The monoisotopic (exact) mass is 459 g/mol. The van der Waals surface area contributed by atoms with Crippen LogP contribution in [0.5, 0.6) is 0 Å². The van der Waals surface area contributed by atoms with Crippen molar-refractivity contribution in [3.8, 4) is 0 Å². The lowest BCUT2D eigenvalue weighted by Crippen LogP contribution is -2.46. The van der Waals surface area contributed by atoms with E-state index in [1.165, 1.54) is 18.6 Å². The summed E-state index contributed by atoms with van der Waals surface area (Å²) in [4.78, 5) is 12.4. The number of nitrogens with two attached hydrogens (primary N) is 1. The first-order valence-electron chi connectivity index (χ1n) is 9.39. The van der Waals surface area contributed by atoms with E-state index in [4.69, 9.17) is 26.8 Å². The zero-order valence-electron chi connectivity index (χ0n) is 16.9. The fraction of sp³-hybridized carbons (Fsp3) is 0.588. The van der Waals surface area contributed by atoms with Gasteiger partial charge in [-0.25, -0.2) is 18.1 Å². The van der Waals surface area contributed by atoms with Crippen LogP contribution in [0, 0.1) is 0 Å². The Kier molecular flexibility index (Phi) is 7.14. The summed E-state index contributed by atoms with van der Waals surface area (Å²) in [5, 5.41) is 5.94. The van der Waals surface area contributed by atoms with Crippen molar-refractivity contribution >= 4 is 39.6 Å². The Hall–Kier alpha value is -1.99. The minimum absolute atomic E-state index is 0.227. The van der Waals surface area contributed by atoms with Crippen LogP contribution in [0.2, 0.25) is 5.02 Å². The minimum atomic E-state index is -3.43. The van der Waals surface area contributed by atoms with E-state index in [-0.39, 0.29) is 24.7 Å². The zero-order chi connectivity index (χ0) is 21.9. The average molecular weight is 460 g/mol. The Labute approximate surface area is 180 Å². The van der Waals surface area contributed by atoms with Gasteiger partial charge < -0.3 is 25.8 Å². The van der Waals surface area contributed by atoms with Crippen LogP contribution in [-0.2, 0) is 19.5 Å². The zero-order valence-corrected chi connectivity index (χ0v) is 18.4. The second-order valence-corrected chi connectivity index (χ2v) is 9.87. The van der Waals surface area contributed by atoms with Crippen molar-refractivity contribution in [1.29, 1.82) is 0 Å². The van der Waals surface area contributed by atoms with Gasteiger partial charge in [0.25, 0.3) is 0 Å². The van der Waals surface area contributed by atoms with E-state index in [9.17, 15) is 8.42 Å². The summed E-state index contributed by atoms with van der Waals surface area (Å²) in [7, 11) is -1.82. The summed E-state index contributed by atoms with van der Waals surface area (Å²) < 4.78 is 38.7. The van der Waals surface area contributed by atoms with Gasteiger partial charge in [-0.05, 0) is 13.8 Å². The number of halogens is 1. The molecule has 1 aromatic heterocycles. The quantitative estimate of drug-likeness (QED) is 0.402. The first kappa shape index (κ1) is 22.7. The number of hydrogen-bond donors (Lipinski definition) is 4. The van der Waals surface area contributed by atoms with Gasteiger partial charge in [-0.2, -0.15) is 4.98 Å². The molecule has 5 N–H and O–H groups in total.